The van der Waals surface area contributed by atoms with E-state index in [0.29, 0.717) is 12.1 Å². The molecule has 0 bridgehead atoms. The fraction of sp³-hybridized carbons (Fsp3) is 0.0500. The van der Waals surface area contributed by atoms with Crippen LogP contribution in [0.15, 0.2) is 72.0 Å². The molecule has 2 heterocycles. The minimum absolute atomic E-state index is 0.185. The van der Waals surface area contributed by atoms with Gasteiger partial charge in [-0.25, -0.2) is 13.8 Å². The van der Waals surface area contributed by atoms with E-state index in [1.165, 1.54) is 6.07 Å². The molecule has 0 atom stereocenters. The molecule has 1 amide bonds. The molecule has 1 aliphatic rings. The molecule has 0 saturated heterocycles. The Morgan fingerprint density at radius 2 is 1.85 bits per heavy atom. The third-order valence-corrected chi connectivity index (χ3v) is 4.11. The zero-order valence-electron chi connectivity index (χ0n) is 13.6. The third kappa shape index (κ3) is 2.86. The van der Waals surface area contributed by atoms with Gasteiger partial charge < -0.3 is 4.90 Å². The molecule has 26 heavy (non-hydrogen) atoms. The van der Waals surface area contributed by atoms with E-state index in [1.807, 2.05) is 18.2 Å². The second-order valence-electron chi connectivity index (χ2n) is 5.83. The first-order valence-electron chi connectivity index (χ1n) is 7.97. The Kier molecular flexibility index (Phi) is 4.01. The summed E-state index contributed by atoms with van der Waals surface area (Å²) in [5.41, 5.74) is 2.65. The van der Waals surface area contributed by atoms with Gasteiger partial charge in [0.15, 0.2) is 11.6 Å². The van der Waals surface area contributed by atoms with Gasteiger partial charge in [-0.05, 0) is 29.8 Å². The van der Waals surface area contributed by atoms with E-state index >= 15 is 0 Å². The highest BCUT2D eigenvalue weighted by Crippen LogP contribution is 2.32. The number of rotatable bonds is 3. The summed E-state index contributed by atoms with van der Waals surface area (Å²) in [6.07, 6.45) is 3.36. The number of halogens is 2. The SMILES string of the molecule is O=C1C(=Nc2ccc(F)c(F)c2)c2ccccc2N1Cc1cccnc1. The molecule has 0 unspecified atom stereocenters. The van der Waals surface area contributed by atoms with Crippen LogP contribution in [0, 0.1) is 11.6 Å². The molecule has 128 valence electrons. The standard InChI is InChI=1S/C20H13F2N3O/c21-16-8-7-14(10-17(16)22)24-19-15-5-1-2-6-18(15)25(20(19)26)12-13-4-3-9-23-11-13/h1-11H,12H2. The van der Waals surface area contributed by atoms with Gasteiger partial charge in [-0.15, -0.1) is 0 Å². The topological polar surface area (TPSA) is 45.6 Å². The summed E-state index contributed by atoms with van der Waals surface area (Å²) in [6, 6.07) is 14.3. The Bertz CT molecular complexity index is 1020. The largest absolute Gasteiger partial charge is 0.302 e. The number of anilines is 1. The number of hydrogen-bond donors (Lipinski definition) is 0. The van der Waals surface area contributed by atoms with E-state index in [4.69, 9.17) is 0 Å². The lowest BCUT2D eigenvalue weighted by Gasteiger charge is -2.16. The molecule has 0 N–H and O–H groups in total. The van der Waals surface area contributed by atoms with Crippen LogP contribution in [-0.4, -0.2) is 16.6 Å². The number of aromatic nitrogens is 1. The predicted octanol–water partition coefficient (Wildman–Crippen LogP) is 4.03. The van der Waals surface area contributed by atoms with Crippen LogP contribution in [0.5, 0.6) is 0 Å². The van der Waals surface area contributed by atoms with Crippen molar-refractivity contribution in [3.8, 4) is 0 Å². The zero-order chi connectivity index (χ0) is 18.1. The van der Waals surface area contributed by atoms with Gasteiger partial charge in [0.25, 0.3) is 5.91 Å². The van der Waals surface area contributed by atoms with Gasteiger partial charge >= 0.3 is 0 Å². The van der Waals surface area contributed by atoms with Gasteiger partial charge in [-0.1, -0.05) is 24.3 Å². The number of carbonyl (C=O) groups excluding carboxylic acids is 1. The number of hydrogen-bond acceptors (Lipinski definition) is 3. The lowest BCUT2D eigenvalue weighted by molar-refractivity contribution is -0.112. The van der Waals surface area contributed by atoms with Crippen molar-refractivity contribution in [2.75, 3.05) is 4.90 Å². The Morgan fingerprint density at radius 3 is 2.62 bits per heavy atom. The Morgan fingerprint density at radius 1 is 1.00 bits per heavy atom. The molecular weight excluding hydrogens is 336 g/mol. The van der Waals surface area contributed by atoms with Gasteiger partial charge in [0, 0.05) is 24.0 Å². The molecule has 0 spiro atoms. The third-order valence-electron chi connectivity index (χ3n) is 4.11. The average Bonchev–Trinajstić information content (AvgIpc) is 2.92. The van der Waals surface area contributed by atoms with Crippen LogP contribution < -0.4 is 4.90 Å². The molecule has 6 heteroatoms. The monoisotopic (exact) mass is 349 g/mol. The highest BCUT2D eigenvalue weighted by atomic mass is 19.2. The summed E-state index contributed by atoms with van der Waals surface area (Å²) in [6.45, 7) is 0.348. The molecule has 3 aromatic rings. The highest BCUT2D eigenvalue weighted by Gasteiger charge is 2.33. The lowest BCUT2D eigenvalue weighted by atomic mass is 10.1. The Hall–Kier alpha value is -3.41. The number of aliphatic imine (C=N–C) groups is 1. The van der Waals surface area contributed by atoms with Gasteiger partial charge in [0.05, 0.1) is 17.9 Å². The molecule has 4 nitrogen and oxygen atoms in total. The molecule has 0 fully saturated rings. The first kappa shape index (κ1) is 16.1. The van der Waals surface area contributed by atoms with Crippen molar-refractivity contribution in [2.24, 2.45) is 4.99 Å². The number of pyridine rings is 1. The van der Waals surface area contributed by atoms with Gasteiger partial charge in [0.1, 0.15) is 5.71 Å². The number of amides is 1. The molecule has 0 aliphatic carbocycles. The van der Waals surface area contributed by atoms with Crippen molar-refractivity contribution >= 4 is 23.0 Å². The van der Waals surface area contributed by atoms with E-state index in [0.717, 1.165) is 23.4 Å². The minimum Gasteiger partial charge on any atom is -0.302 e. The summed E-state index contributed by atoms with van der Waals surface area (Å²) in [7, 11) is 0. The normalized spacial score (nSPS) is 14.8. The van der Waals surface area contributed by atoms with Crippen LogP contribution in [0.1, 0.15) is 11.1 Å². The molecule has 2 aromatic carbocycles. The molecule has 0 radical (unpaired) electrons. The van der Waals surface area contributed by atoms with Crippen molar-refractivity contribution in [1.82, 2.24) is 4.98 Å². The maximum atomic E-state index is 13.5. The van der Waals surface area contributed by atoms with Crippen LogP contribution in [0.2, 0.25) is 0 Å². The smallest absolute Gasteiger partial charge is 0.277 e. The second kappa shape index (κ2) is 6.48. The number of benzene rings is 2. The summed E-state index contributed by atoms with van der Waals surface area (Å²) < 4.78 is 26.6. The van der Waals surface area contributed by atoms with Crippen molar-refractivity contribution in [1.29, 1.82) is 0 Å². The maximum Gasteiger partial charge on any atom is 0.277 e. The van der Waals surface area contributed by atoms with Crippen LogP contribution >= 0.6 is 0 Å². The van der Waals surface area contributed by atoms with Crippen LogP contribution in [0.3, 0.4) is 0 Å². The number of nitrogens with zero attached hydrogens (tertiary/aromatic N) is 3. The highest BCUT2D eigenvalue weighted by molar-refractivity contribution is 6.54. The number of fused-ring (bicyclic) bond motifs is 1. The van der Waals surface area contributed by atoms with Crippen molar-refractivity contribution < 1.29 is 13.6 Å². The summed E-state index contributed by atoms with van der Waals surface area (Å²) >= 11 is 0. The van der Waals surface area contributed by atoms with E-state index in [2.05, 4.69) is 9.98 Å². The fourth-order valence-corrected chi connectivity index (χ4v) is 2.88. The van der Waals surface area contributed by atoms with Crippen molar-refractivity contribution in [2.45, 2.75) is 6.54 Å². The van der Waals surface area contributed by atoms with Crippen molar-refractivity contribution in [3.05, 3.63) is 89.8 Å². The van der Waals surface area contributed by atoms with E-state index in [1.54, 1.807) is 35.5 Å². The average molecular weight is 349 g/mol. The van der Waals surface area contributed by atoms with Gasteiger partial charge in [0.2, 0.25) is 0 Å². The second-order valence-corrected chi connectivity index (χ2v) is 5.83. The van der Waals surface area contributed by atoms with Gasteiger partial charge in [-0.2, -0.15) is 0 Å². The number of para-hydroxylation sites is 1. The quantitative estimate of drug-likeness (QED) is 0.717. The first-order chi connectivity index (χ1) is 12.6. The van der Waals surface area contributed by atoms with E-state index < -0.39 is 11.6 Å². The van der Waals surface area contributed by atoms with E-state index in [-0.39, 0.29) is 17.3 Å². The first-order valence-corrected chi connectivity index (χ1v) is 7.97. The Balaban J connectivity index is 1.76. The van der Waals surface area contributed by atoms with Crippen LogP contribution in [0.25, 0.3) is 0 Å². The Labute approximate surface area is 148 Å². The van der Waals surface area contributed by atoms with Crippen LogP contribution in [0.4, 0.5) is 20.2 Å². The van der Waals surface area contributed by atoms with Crippen LogP contribution in [-0.2, 0) is 11.3 Å². The summed E-state index contributed by atoms with van der Waals surface area (Å²) in [5.74, 6) is -2.25. The lowest BCUT2D eigenvalue weighted by Crippen LogP contribution is -2.29. The number of carbonyl (C=O) groups is 1. The fourth-order valence-electron chi connectivity index (χ4n) is 2.88. The maximum absolute atomic E-state index is 13.5. The molecular formula is C20H13F2N3O. The van der Waals surface area contributed by atoms with E-state index in [9.17, 15) is 13.6 Å². The predicted molar refractivity (Wildman–Crippen MR) is 94.4 cm³/mol. The zero-order valence-corrected chi connectivity index (χ0v) is 13.6. The minimum atomic E-state index is -1.00. The molecule has 1 aliphatic heterocycles. The van der Waals surface area contributed by atoms with Crippen molar-refractivity contribution in [3.63, 3.8) is 0 Å². The molecule has 4 rings (SSSR count). The molecule has 1 aromatic heterocycles. The summed E-state index contributed by atoms with van der Waals surface area (Å²) in [4.78, 5) is 22.9. The summed E-state index contributed by atoms with van der Waals surface area (Å²) in [5, 5.41) is 0. The van der Waals surface area contributed by atoms with Gasteiger partial charge in [-0.3, -0.25) is 9.78 Å². The molecule has 0 saturated carbocycles.